The molecule has 2 rings (SSSR count). The molecule has 0 bridgehead atoms. The highest BCUT2D eigenvalue weighted by Gasteiger charge is 2.21. The second-order valence-corrected chi connectivity index (χ2v) is 5.37. The van der Waals surface area contributed by atoms with E-state index in [4.69, 9.17) is 16.3 Å². The smallest absolute Gasteiger partial charge is 0.141 e. The molecule has 0 radical (unpaired) electrons. The van der Waals surface area contributed by atoms with Crippen molar-refractivity contribution in [3.63, 3.8) is 0 Å². The number of rotatable bonds is 3. The Kier molecular flexibility index (Phi) is 4.62. The van der Waals surface area contributed by atoms with Crippen molar-refractivity contribution in [1.29, 1.82) is 0 Å². The molecule has 0 aromatic heterocycles. The van der Waals surface area contributed by atoms with E-state index in [0.29, 0.717) is 5.02 Å². The molecule has 0 fully saturated rings. The lowest BCUT2D eigenvalue weighted by atomic mass is 10.00. The molecular weight excluding hydrogens is 354 g/mol. The number of ether oxygens (including phenoxy) is 1. The maximum Gasteiger partial charge on any atom is 0.141 e. The molecule has 1 atom stereocenters. The third-order valence-corrected chi connectivity index (χ3v) is 3.66. The summed E-state index contributed by atoms with van der Waals surface area (Å²) in [6, 6.07) is 6.32. The van der Waals surface area contributed by atoms with E-state index in [9.17, 15) is 13.9 Å². The van der Waals surface area contributed by atoms with Crippen molar-refractivity contribution < 1.29 is 18.6 Å². The van der Waals surface area contributed by atoms with Crippen molar-refractivity contribution in [1.82, 2.24) is 0 Å². The van der Waals surface area contributed by atoms with Crippen molar-refractivity contribution in [3.05, 3.63) is 62.6 Å². The highest BCUT2D eigenvalue weighted by molar-refractivity contribution is 9.10. The van der Waals surface area contributed by atoms with Gasteiger partial charge in [0.15, 0.2) is 0 Å². The normalized spacial score (nSPS) is 12.3. The van der Waals surface area contributed by atoms with Crippen LogP contribution in [0.3, 0.4) is 0 Å². The number of aliphatic hydroxyl groups is 1. The van der Waals surface area contributed by atoms with Gasteiger partial charge in [-0.3, -0.25) is 0 Å². The molecule has 106 valence electrons. The first-order chi connectivity index (χ1) is 9.43. The first kappa shape index (κ1) is 15.2. The Morgan fingerprint density at radius 1 is 1.15 bits per heavy atom. The second kappa shape index (κ2) is 6.08. The predicted octanol–water partition coefficient (Wildman–Crippen LogP) is 4.47. The summed E-state index contributed by atoms with van der Waals surface area (Å²) >= 11 is 8.82. The molecular formula is C14H10BrClF2O2. The standard InChI is InChI=1S/C14H10BrClF2O2/c1-20-13-6-12(18)10(15)5-9(13)14(19)8-4-7(16)2-3-11(8)17/h2-6,14,19H,1H3. The first-order valence-electron chi connectivity index (χ1n) is 5.60. The number of aliphatic hydroxyl groups excluding tert-OH is 1. The van der Waals surface area contributed by atoms with E-state index in [1.807, 2.05) is 0 Å². The van der Waals surface area contributed by atoms with Crippen LogP contribution in [0.4, 0.5) is 8.78 Å². The Morgan fingerprint density at radius 2 is 1.85 bits per heavy atom. The summed E-state index contributed by atoms with van der Waals surface area (Å²) in [6.45, 7) is 0. The van der Waals surface area contributed by atoms with Gasteiger partial charge >= 0.3 is 0 Å². The van der Waals surface area contributed by atoms with Gasteiger partial charge in [0.05, 0.1) is 11.6 Å². The molecule has 1 unspecified atom stereocenters. The SMILES string of the molecule is COc1cc(F)c(Br)cc1C(O)c1cc(Cl)ccc1F. The lowest BCUT2D eigenvalue weighted by molar-refractivity contribution is 0.209. The number of halogens is 4. The first-order valence-corrected chi connectivity index (χ1v) is 6.77. The second-order valence-electron chi connectivity index (χ2n) is 4.08. The fourth-order valence-electron chi connectivity index (χ4n) is 1.83. The van der Waals surface area contributed by atoms with Crippen molar-refractivity contribution in [2.75, 3.05) is 7.11 Å². The molecule has 0 spiro atoms. The summed E-state index contributed by atoms with van der Waals surface area (Å²) in [4.78, 5) is 0. The number of hydrogen-bond acceptors (Lipinski definition) is 2. The van der Waals surface area contributed by atoms with E-state index in [-0.39, 0.29) is 21.3 Å². The lowest BCUT2D eigenvalue weighted by Gasteiger charge is -2.17. The molecule has 20 heavy (non-hydrogen) atoms. The number of hydrogen-bond donors (Lipinski definition) is 1. The van der Waals surface area contributed by atoms with Gasteiger partial charge in [0.1, 0.15) is 23.5 Å². The van der Waals surface area contributed by atoms with Gasteiger partial charge in [-0.25, -0.2) is 8.78 Å². The van der Waals surface area contributed by atoms with Gasteiger partial charge in [-0.15, -0.1) is 0 Å². The predicted molar refractivity (Wildman–Crippen MR) is 76.1 cm³/mol. The van der Waals surface area contributed by atoms with Crippen LogP contribution in [0.2, 0.25) is 5.02 Å². The highest BCUT2D eigenvalue weighted by atomic mass is 79.9. The minimum Gasteiger partial charge on any atom is -0.496 e. The summed E-state index contributed by atoms with van der Waals surface area (Å²) in [5.74, 6) is -1.02. The summed E-state index contributed by atoms with van der Waals surface area (Å²) in [6.07, 6.45) is -1.32. The van der Waals surface area contributed by atoms with Gasteiger partial charge in [-0.1, -0.05) is 11.6 Å². The van der Waals surface area contributed by atoms with Gasteiger partial charge < -0.3 is 9.84 Å². The van der Waals surface area contributed by atoms with E-state index in [1.165, 1.54) is 25.3 Å². The van der Waals surface area contributed by atoms with Crippen LogP contribution in [0.5, 0.6) is 5.75 Å². The third-order valence-electron chi connectivity index (χ3n) is 2.82. The highest BCUT2D eigenvalue weighted by Crippen LogP contribution is 2.35. The Hall–Kier alpha value is -1.17. The zero-order valence-electron chi connectivity index (χ0n) is 10.3. The molecule has 0 heterocycles. The molecule has 0 aliphatic heterocycles. The minimum atomic E-state index is -1.32. The van der Waals surface area contributed by atoms with Crippen LogP contribution in [0, 0.1) is 11.6 Å². The van der Waals surface area contributed by atoms with Crippen LogP contribution in [0.15, 0.2) is 34.8 Å². The number of benzene rings is 2. The largest absolute Gasteiger partial charge is 0.496 e. The van der Waals surface area contributed by atoms with Crippen LogP contribution in [-0.2, 0) is 0 Å². The lowest BCUT2D eigenvalue weighted by Crippen LogP contribution is -2.05. The molecule has 1 N–H and O–H groups in total. The molecule has 0 saturated carbocycles. The Labute approximate surface area is 128 Å². The molecule has 0 amide bonds. The van der Waals surface area contributed by atoms with Crippen molar-refractivity contribution in [2.24, 2.45) is 0 Å². The van der Waals surface area contributed by atoms with Crippen LogP contribution >= 0.6 is 27.5 Å². The Balaban J connectivity index is 2.55. The molecule has 0 aliphatic rings. The monoisotopic (exact) mass is 362 g/mol. The minimum absolute atomic E-state index is 0.00527. The van der Waals surface area contributed by atoms with Gasteiger partial charge in [0, 0.05) is 22.2 Å². The average molecular weight is 364 g/mol. The van der Waals surface area contributed by atoms with Crippen molar-refractivity contribution in [3.8, 4) is 5.75 Å². The summed E-state index contributed by atoms with van der Waals surface area (Å²) in [7, 11) is 1.34. The van der Waals surface area contributed by atoms with E-state index < -0.39 is 17.7 Å². The third kappa shape index (κ3) is 2.95. The van der Waals surface area contributed by atoms with Gasteiger partial charge in [0.25, 0.3) is 0 Å². The van der Waals surface area contributed by atoms with Gasteiger partial charge in [-0.2, -0.15) is 0 Å². The van der Waals surface area contributed by atoms with Crippen LogP contribution in [-0.4, -0.2) is 12.2 Å². The van der Waals surface area contributed by atoms with E-state index in [0.717, 1.165) is 12.1 Å². The zero-order valence-corrected chi connectivity index (χ0v) is 12.7. The maximum absolute atomic E-state index is 13.8. The summed E-state index contributed by atoms with van der Waals surface area (Å²) in [5.41, 5.74) is 0.233. The topological polar surface area (TPSA) is 29.5 Å². The maximum atomic E-state index is 13.8. The van der Waals surface area contributed by atoms with Crippen LogP contribution < -0.4 is 4.74 Å². The fourth-order valence-corrected chi connectivity index (χ4v) is 2.37. The molecule has 2 aromatic carbocycles. The Morgan fingerprint density at radius 3 is 2.50 bits per heavy atom. The zero-order chi connectivity index (χ0) is 14.9. The summed E-state index contributed by atoms with van der Waals surface area (Å²) < 4.78 is 32.4. The van der Waals surface area contributed by atoms with E-state index in [1.54, 1.807) is 0 Å². The molecule has 6 heteroatoms. The summed E-state index contributed by atoms with van der Waals surface area (Å²) in [5, 5.41) is 10.6. The van der Waals surface area contributed by atoms with E-state index in [2.05, 4.69) is 15.9 Å². The quantitative estimate of drug-likeness (QED) is 0.872. The van der Waals surface area contributed by atoms with Crippen LogP contribution in [0.1, 0.15) is 17.2 Å². The van der Waals surface area contributed by atoms with Crippen molar-refractivity contribution >= 4 is 27.5 Å². The van der Waals surface area contributed by atoms with Crippen LogP contribution in [0.25, 0.3) is 0 Å². The van der Waals surface area contributed by atoms with Gasteiger partial charge in [-0.05, 0) is 40.2 Å². The van der Waals surface area contributed by atoms with E-state index >= 15 is 0 Å². The van der Waals surface area contributed by atoms with Gasteiger partial charge in [0.2, 0.25) is 0 Å². The molecule has 2 aromatic rings. The average Bonchev–Trinajstić information content (AvgIpc) is 2.43. The number of methoxy groups -OCH3 is 1. The molecule has 2 nitrogen and oxygen atoms in total. The van der Waals surface area contributed by atoms with Crippen molar-refractivity contribution in [2.45, 2.75) is 6.10 Å². The fraction of sp³-hybridized carbons (Fsp3) is 0.143. The molecule has 0 saturated heterocycles. The Bertz CT molecular complexity index is 649. The molecule has 0 aliphatic carbocycles.